The van der Waals surface area contributed by atoms with Crippen LogP contribution in [0, 0.1) is 20.8 Å². The molecule has 312 valence electrons. The lowest BCUT2D eigenvalue weighted by molar-refractivity contribution is 1.16. The Bertz CT molecular complexity index is 3520. The Morgan fingerprint density at radius 2 is 0.576 bits per heavy atom. The minimum atomic E-state index is 1.09. The summed E-state index contributed by atoms with van der Waals surface area (Å²) in [4.78, 5) is 17.8. The Kier molecular flexibility index (Phi) is 8.42. The molecule has 6 aromatic carbocycles. The molecular weight excluding hydrogens is 807 g/mol. The second kappa shape index (κ2) is 14.7. The van der Waals surface area contributed by atoms with E-state index in [1.165, 1.54) is 71.9 Å². The number of hydrogen-bond acceptors (Lipinski definition) is 4. The van der Waals surface area contributed by atoms with E-state index in [1.807, 2.05) is 49.6 Å². The van der Waals surface area contributed by atoms with Crippen molar-refractivity contribution >= 4 is 65.4 Å². The molecule has 13 rings (SSSR count). The highest BCUT2D eigenvalue weighted by Crippen LogP contribution is 2.41. The lowest BCUT2D eigenvalue weighted by atomic mass is 9.89. The maximum absolute atomic E-state index is 4.46. The first-order chi connectivity index (χ1) is 32.5. The first-order valence-electron chi connectivity index (χ1n) is 22.3. The molecule has 0 fully saturated rings. The molecule has 7 nitrogen and oxygen atoms in total. The zero-order valence-corrected chi connectivity index (χ0v) is 36.6. The highest BCUT2D eigenvalue weighted by Gasteiger charge is 2.19. The SMILES string of the molecule is Cc1cc(-n2c3ccccc3c3ccccc32)ccc1-c1cc(-c2ccc(-n3c4ccncc4c4cnccc43)cc2C)cc(-c2ccc(-n3c4ccncc4c4cnccc43)cc2C)c1. The van der Waals surface area contributed by atoms with Crippen molar-refractivity contribution in [3.05, 3.63) is 212 Å². The van der Waals surface area contributed by atoms with Crippen LogP contribution in [0.5, 0.6) is 0 Å². The monoisotopic (exact) mass is 847 g/mol. The molecule has 0 aliphatic rings. The Labute approximate surface area is 380 Å². The molecule has 13 aromatic rings. The molecule has 7 aromatic heterocycles. The van der Waals surface area contributed by atoms with Gasteiger partial charge in [-0.05, 0) is 162 Å². The first kappa shape index (κ1) is 37.8. The minimum absolute atomic E-state index is 1.09. The van der Waals surface area contributed by atoms with Gasteiger partial charge in [0.1, 0.15) is 0 Å². The summed E-state index contributed by atoms with van der Waals surface area (Å²) in [5, 5.41) is 6.88. The quantitative estimate of drug-likeness (QED) is 0.167. The van der Waals surface area contributed by atoms with E-state index in [4.69, 9.17) is 0 Å². The average Bonchev–Trinajstić information content (AvgIpc) is 4.00. The van der Waals surface area contributed by atoms with Gasteiger partial charge < -0.3 is 13.7 Å². The van der Waals surface area contributed by atoms with Crippen molar-refractivity contribution in [2.24, 2.45) is 0 Å². The number of aromatic nitrogens is 7. The average molecular weight is 848 g/mol. The molecule has 7 heterocycles. The molecule has 0 unspecified atom stereocenters. The van der Waals surface area contributed by atoms with E-state index in [-0.39, 0.29) is 0 Å². The third-order valence-electron chi connectivity index (χ3n) is 13.6. The van der Waals surface area contributed by atoms with E-state index in [9.17, 15) is 0 Å². The predicted molar refractivity (Wildman–Crippen MR) is 271 cm³/mol. The Hall–Kier alpha value is -8.68. The van der Waals surface area contributed by atoms with E-state index >= 15 is 0 Å². The Morgan fingerprint density at radius 1 is 0.288 bits per heavy atom. The molecule has 0 bridgehead atoms. The summed E-state index contributed by atoms with van der Waals surface area (Å²) in [7, 11) is 0. The smallest absolute Gasteiger partial charge is 0.0572 e. The summed E-state index contributed by atoms with van der Waals surface area (Å²) < 4.78 is 7.04. The van der Waals surface area contributed by atoms with Crippen LogP contribution in [0.1, 0.15) is 16.7 Å². The molecule has 0 saturated carbocycles. The van der Waals surface area contributed by atoms with Crippen molar-refractivity contribution in [2.45, 2.75) is 20.8 Å². The molecule has 0 saturated heterocycles. The van der Waals surface area contributed by atoms with Crippen LogP contribution in [0.3, 0.4) is 0 Å². The van der Waals surface area contributed by atoms with Gasteiger partial charge in [-0.25, -0.2) is 0 Å². The van der Waals surface area contributed by atoms with Crippen LogP contribution in [-0.4, -0.2) is 33.6 Å². The number of para-hydroxylation sites is 2. The molecule has 0 radical (unpaired) electrons. The number of benzene rings is 6. The standard InChI is InChI=1S/C59H41N7/c1-36-26-42(64-54-10-6-4-8-48(54)49-9-5-7-11-55(49)64)12-15-45(36)39-29-40(46-16-13-43(27-37(46)2)65-56-18-22-60-32-50(56)51-33-61-23-19-57(51)65)31-41(30-39)47-17-14-44(28-38(47)3)66-58-20-24-62-34-52(58)53-35-63-25-21-59(53)66/h4-35H,1-3H3. The van der Waals surface area contributed by atoms with Crippen LogP contribution < -0.4 is 0 Å². The van der Waals surface area contributed by atoms with Gasteiger partial charge in [0.25, 0.3) is 0 Å². The fraction of sp³-hybridized carbons (Fsp3) is 0.0508. The fourth-order valence-electron chi connectivity index (χ4n) is 10.6. The van der Waals surface area contributed by atoms with Crippen LogP contribution in [0.15, 0.2) is 195 Å². The van der Waals surface area contributed by atoms with E-state index in [0.717, 1.165) is 60.7 Å². The van der Waals surface area contributed by atoms with Crippen LogP contribution in [0.4, 0.5) is 0 Å². The van der Waals surface area contributed by atoms with Crippen molar-refractivity contribution in [3.8, 4) is 50.4 Å². The van der Waals surface area contributed by atoms with Crippen molar-refractivity contribution in [2.75, 3.05) is 0 Å². The molecule has 0 aliphatic heterocycles. The summed E-state index contributed by atoms with van der Waals surface area (Å²) in [6.07, 6.45) is 15.2. The Balaban J connectivity index is 0.974. The van der Waals surface area contributed by atoms with E-state index in [1.54, 1.807) is 0 Å². The van der Waals surface area contributed by atoms with Gasteiger partial charge >= 0.3 is 0 Å². The van der Waals surface area contributed by atoms with Crippen LogP contribution >= 0.6 is 0 Å². The van der Waals surface area contributed by atoms with Gasteiger partial charge in [0.15, 0.2) is 0 Å². The van der Waals surface area contributed by atoms with Gasteiger partial charge in [0.05, 0.1) is 33.1 Å². The molecule has 0 spiro atoms. The van der Waals surface area contributed by atoms with E-state index in [2.05, 4.69) is 200 Å². The van der Waals surface area contributed by atoms with Gasteiger partial charge in [-0.3, -0.25) is 19.9 Å². The van der Waals surface area contributed by atoms with Crippen molar-refractivity contribution in [1.29, 1.82) is 0 Å². The zero-order valence-electron chi connectivity index (χ0n) is 36.6. The maximum Gasteiger partial charge on any atom is 0.0572 e. The highest BCUT2D eigenvalue weighted by molar-refractivity contribution is 6.11. The third-order valence-corrected chi connectivity index (χ3v) is 13.6. The van der Waals surface area contributed by atoms with Gasteiger partial charge in [-0.2, -0.15) is 0 Å². The fourth-order valence-corrected chi connectivity index (χ4v) is 10.6. The number of pyridine rings is 4. The molecular formula is C59H41N7. The van der Waals surface area contributed by atoms with Gasteiger partial charge in [-0.15, -0.1) is 0 Å². The van der Waals surface area contributed by atoms with Crippen molar-refractivity contribution in [1.82, 2.24) is 33.6 Å². The number of fused-ring (bicyclic) bond motifs is 9. The largest absolute Gasteiger partial charge is 0.309 e. The van der Waals surface area contributed by atoms with Crippen LogP contribution in [0.25, 0.3) is 116 Å². The molecule has 0 amide bonds. The molecule has 7 heteroatoms. The second-order valence-electron chi connectivity index (χ2n) is 17.4. The second-order valence-corrected chi connectivity index (χ2v) is 17.4. The van der Waals surface area contributed by atoms with Crippen molar-refractivity contribution < 1.29 is 0 Å². The third kappa shape index (κ3) is 5.76. The van der Waals surface area contributed by atoms with Gasteiger partial charge in [-0.1, -0.05) is 54.6 Å². The summed E-state index contributed by atoms with van der Waals surface area (Å²) in [6, 6.07) is 53.5. The molecule has 0 atom stereocenters. The number of hydrogen-bond donors (Lipinski definition) is 0. The van der Waals surface area contributed by atoms with Crippen molar-refractivity contribution in [3.63, 3.8) is 0 Å². The summed E-state index contributed by atoms with van der Waals surface area (Å²) >= 11 is 0. The van der Waals surface area contributed by atoms with E-state index < -0.39 is 0 Å². The highest BCUT2D eigenvalue weighted by atomic mass is 15.0. The lowest BCUT2D eigenvalue weighted by Gasteiger charge is -2.18. The Morgan fingerprint density at radius 3 is 0.879 bits per heavy atom. The summed E-state index contributed by atoms with van der Waals surface area (Å²) in [5.41, 5.74) is 20.9. The van der Waals surface area contributed by atoms with Gasteiger partial charge in [0.2, 0.25) is 0 Å². The van der Waals surface area contributed by atoms with Crippen LogP contribution in [-0.2, 0) is 0 Å². The number of nitrogens with zero attached hydrogens (tertiary/aromatic N) is 7. The normalized spacial score (nSPS) is 11.9. The lowest BCUT2D eigenvalue weighted by Crippen LogP contribution is -1.98. The van der Waals surface area contributed by atoms with Gasteiger partial charge in [0, 0.05) is 99.0 Å². The molecule has 0 aliphatic carbocycles. The van der Waals surface area contributed by atoms with Crippen LogP contribution in [0.2, 0.25) is 0 Å². The predicted octanol–water partition coefficient (Wildman–Crippen LogP) is 14.5. The topological polar surface area (TPSA) is 66.3 Å². The number of aryl methyl sites for hydroxylation is 3. The molecule has 66 heavy (non-hydrogen) atoms. The molecule has 0 N–H and O–H groups in total. The number of rotatable bonds is 6. The first-order valence-corrected chi connectivity index (χ1v) is 22.3. The summed E-state index contributed by atoms with van der Waals surface area (Å²) in [6.45, 7) is 6.70. The minimum Gasteiger partial charge on any atom is -0.309 e. The van der Waals surface area contributed by atoms with E-state index in [0.29, 0.717) is 0 Å². The summed E-state index contributed by atoms with van der Waals surface area (Å²) in [5.74, 6) is 0. The maximum atomic E-state index is 4.46. The zero-order chi connectivity index (χ0) is 44.0.